The second-order valence-corrected chi connectivity index (χ2v) is 9.74. The number of thiophene rings is 1. The van der Waals surface area contributed by atoms with Gasteiger partial charge in [-0.05, 0) is 55.5 Å². The monoisotopic (exact) mass is 470 g/mol. The topological polar surface area (TPSA) is 100 Å². The van der Waals surface area contributed by atoms with Crippen LogP contribution in [-0.2, 0) is 14.9 Å². The van der Waals surface area contributed by atoms with E-state index < -0.39 is 16.1 Å². The zero-order chi connectivity index (χ0) is 23.1. The molecule has 10 heteroatoms. The third kappa shape index (κ3) is 5.54. The van der Waals surface area contributed by atoms with E-state index in [9.17, 15) is 13.2 Å². The fourth-order valence-electron chi connectivity index (χ4n) is 2.61. The Kier molecular flexibility index (Phi) is 7.29. The number of nitrogens with zero attached hydrogens (tertiary/aromatic N) is 2. The summed E-state index contributed by atoms with van der Waals surface area (Å²) in [5.74, 6) is 0.265. The van der Waals surface area contributed by atoms with E-state index in [0.717, 1.165) is 11.3 Å². The molecule has 2 amide bonds. The molecular weight excluding hydrogens is 448 g/mol. The molecule has 0 atom stereocenters. The molecule has 1 aromatic heterocycles. The average Bonchev–Trinajstić information content (AvgIpc) is 3.29. The van der Waals surface area contributed by atoms with Gasteiger partial charge in [0.15, 0.2) is 5.76 Å². The highest BCUT2D eigenvalue weighted by atomic mass is 32.2. The Hall–Kier alpha value is -3.63. The molecule has 2 N–H and O–H groups in total. The second-order valence-electron chi connectivity index (χ2n) is 6.46. The number of benzene rings is 2. The van der Waals surface area contributed by atoms with Crippen molar-refractivity contribution >= 4 is 56.4 Å². The molecule has 0 saturated heterocycles. The predicted octanol–water partition coefficient (Wildman–Crippen LogP) is 5.21. The van der Waals surface area contributed by atoms with E-state index in [-0.39, 0.29) is 9.97 Å². The lowest BCUT2D eigenvalue weighted by Gasteiger charge is -2.19. The Balaban J connectivity index is 1.68. The smallest absolute Gasteiger partial charge is 0.323 e. The highest BCUT2D eigenvalue weighted by Gasteiger charge is 2.24. The lowest BCUT2D eigenvalue weighted by atomic mass is 10.3. The van der Waals surface area contributed by atoms with E-state index in [4.69, 9.17) is 4.84 Å². The fraction of sp³-hybridized carbons (Fsp3) is 0.0909. The molecule has 0 spiro atoms. The van der Waals surface area contributed by atoms with Gasteiger partial charge in [-0.2, -0.15) is 0 Å². The summed E-state index contributed by atoms with van der Waals surface area (Å²) < 4.78 is 27.3. The summed E-state index contributed by atoms with van der Waals surface area (Å²) in [5.41, 5.74) is 1.63. The van der Waals surface area contributed by atoms with Crippen molar-refractivity contribution in [1.29, 1.82) is 0 Å². The van der Waals surface area contributed by atoms with Gasteiger partial charge in [-0.3, -0.25) is 4.31 Å². The fourth-order valence-corrected chi connectivity index (χ4v) is 5.19. The van der Waals surface area contributed by atoms with Crippen LogP contribution >= 0.6 is 11.3 Å². The Morgan fingerprint density at radius 2 is 1.66 bits per heavy atom. The highest BCUT2D eigenvalue weighted by molar-refractivity contribution is 7.94. The maximum atomic E-state index is 13.0. The van der Waals surface area contributed by atoms with Crippen LogP contribution in [0.15, 0.2) is 82.7 Å². The van der Waals surface area contributed by atoms with Crippen molar-refractivity contribution in [2.45, 2.75) is 11.1 Å². The zero-order valence-electron chi connectivity index (χ0n) is 17.5. The molecule has 32 heavy (non-hydrogen) atoms. The van der Waals surface area contributed by atoms with Crippen LogP contribution in [0.25, 0.3) is 5.76 Å². The summed E-state index contributed by atoms with van der Waals surface area (Å²) in [6.45, 7) is 5.44. The lowest BCUT2D eigenvalue weighted by Crippen LogP contribution is -2.25. The van der Waals surface area contributed by atoms with E-state index in [1.165, 1.54) is 23.6 Å². The van der Waals surface area contributed by atoms with E-state index in [2.05, 4.69) is 22.4 Å². The number of carbonyl (C=O) groups is 1. The molecule has 0 fully saturated rings. The first-order chi connectivity index (χ1) is 15.3. The number of anilines is 3. The molecule has 2 aromatic carbocycles. The molecular formula is C22H22N4O4S2. The molecule has 166 valence electrons. The number of nitrogens with one attached hydrogen (secondary N) is 2. The molecule has 0 radical (unpaired) electrons. The SMILES string of the molecule is C=C(ON=CC)c1ccc(S(=O)(=O)N(C)c2ccc(NC(=O)Nc3ccccc3)cc2)s1. The van der Waals surface area contributed by atoms with Gasteiger partial charge >= 0.3 is 6.03 Å². The highest BCUT2D eigenvalue weighted by Crippen LogP contribution is 2.31. The standard InChI is InChI=1S/C22H22N4O4S2/c1-4-23-30-16(2)20-14-15-21(31-20)32(28,29)26(3)19-12-10-18(11-13-19)25-22(27)24-17-8-6-5-7-9-17/h4-15H,2H2,1,3H3,(H2,24,25,27). The van der Waals surface area contributed by atoms with Crippen LogP contribution in [0.2, 0.25) is 0 Å². The molecule has 0 aliphatic heterocycles. The normalized spacial score (nSPS) is 11.2. The van der Waals surface area contributed by atoms with Crippen LogP contribution in [0.5, 0.6) is 0 Å². The third-order valence-corrected chi connectivity index (χ3v) is 7.64. The summed E-state index contributed by atoms with van der Waals surface area (Å²) in [5, 5.41) is 9.07. The third-order valence-electron chi connectivity index (χ3n) is 4.26. The Morgan fingerprint density at radius 1 is 1.03 bits per heavy atom. The van der Waals surface area contributed by atoms with Crippen LogP contribution < -0.4 is 14.9 Å². The summed E-state index contributed by atoms with van der Waals surface area (Å²) in [4.78, 5) is 17.7. The number of oxime groups is 1. The molecule has 0 aliphatic carbocycles. The number of para-hydroxylation sites is 1. The lowest BCUT2D eigenvalue weighted by molar-refractivity contribution is 0.262. The molecule has 1 heterocycles. The van der Waals surface area contributed by atoms with Gasteiger partial charge in [0, 0.05) is 24.6 Å². The van der Waals surface area contributed by atoms with Crippen LogP contribution in [0.3, 0.4) is 0 Å². The largest absolute Gasteiger partial charge is 0.356 e. The number of sulfonamides is 1. The molecule has 0 unspecified atom stereocenters. The quantitative estimate of drug-likeness (QED) is 0.268. The van der Waals surface area contributed by atoms with Gasteiger partial charge in [0.05, 0.1) is 10.6 Å². The minimum absolute atomic E-state index is 0.143. The molecule has 3 aromatic rings. The van der Waals surface area contributed by atoms with Crippen LogP contribution in [0.1, 0.15) is 11.8 Å². The van der Waals surface area contributed by atoms with Crippen molar-refractivity contribution < 1.29 is 18.0 Å². The summed E-state index contributed by atoms with van der Waals surface area (Å²) in [6, 6.07) is 18.3. The van der Waals surface area contributed by atoms with Gasteiger partial charge in [-0.1, -0.05) is 29.9 Å². The van der Waals surface area contributed by atoms with Gasteiger partial charge < -0.3 is 15.5 Å². The second kappa shape index (κ2) is 10.1. The van der Waals surface area contributed by atoms with E-state index in [1.54, 1.807) is 49.4 Å². The van der Waals surface area contributed by atoms with Gasteiger partial charge in [0.1, 0.15) is 4.21 Å². The molecule has 0 saturated carbocycles. The van der Waals surface area contributed by atoms with Crippen molar-refractivity contribution in [3.8, 4) is 0 Å². The van der Waals surface area contributed by atoms with E-state index in [0.29, 0.717) is 21.9 Å². The van der Waals surface area contributed by atoms with Gasteiger partial charge in [-0.15, -0.1) is 11.3 Å². The number of hydrogen-bond donors (Lipinski definition) is 2. The van der Waals surface area contributed by atoms with Crippen molar-refractivity contribution in [3.05, 3.63) is 78.2 Å². The average molecular weight is 471 g/mol. The van der Waals surface area contributed by atoms with Crippen LogP contribution in [-0.4, -0.2) is 27.7 Å². The van der Waals surface area contributed by atoms with Crippen molar-refractivity contribution in [1.82, 2.24) is 0 Å². The van der Waals surface area contributed by atoms with Crippen molar-refractivity contribution in [3.63, 3.8) is 0 Å². The summed E-state index contributed by atoms with van der Waals surface area (Å²) in [7, 11) is -2.32. The van der Waals surface area contributed by atoms with Gasteiger partial charge in [0.25, 0.3) is 10.0 Å². The number of urea groups is 1. The zero-order valence-corrected chi connectivity index (χ0v) is 19.1. The summed E-state index contributed by atoms with van der Waals surface area (Å²) >= 11 is 1.04. The van der Waals surface area contributed by atoms with Crippen LogP contribution in [0, 0.1) is 0 Å². The maximum Gasteiger partial charge on any atom is 0.323 e. The summed E-state index contributed by atoms with van der Waals surface area (Å²) in [6.07, 6.45) is 1.47. The Bertz CT molecular complexity index is 1220. The van der Waals surface area contributed by atoms with Crippen molar-refractivity contribution in [2.24, 2.45) is 5.16 Å². The number of amides is 2. The first-order valence-corrected chi connectivity index (χ1v) is 11.7. The number of rotatable bonds is 8. The first-order valence-electron chi connectivity index (χ1n) is 9.47. The number of hydrogen-bond acceptors (Lipinski definition) is 6. The molecule has 0 bridgehead atoms. The Morgan fingerprint density at radius 3 is 2.28 bits per heavy atom. The van der Waals surface area contributed by atoms with Gasteiger partial charge in [-0.25, -0.2) is 13.2 Å². The number of carbonyl (C=O) groups excluding carboxylic acids is 1. The molecule has 0 aliphatic rings. The van der Waals surface area contributed by atoms with E-state index in [1.807, 2.05) is 18.2 Å². The van der Waals surface area contributed by atoms with Crippen molar-refractivity contribution in [2.75, 3.05) is 22.0 Å². The van der Waals surface area contributed by atoms with Gasteiger partial charge in [0.2, 0.25) is 0 Å². The predicted molar refractivity (Wildman–Crippen MR) is 130 cm³/mol. The van der Waals surface area contributed by atoms with Crippen LogP contribution in [0.4, 0.5) is 21.9 Å². The molecule has 3 rings (SSSR count). The Labute approximate surface area is 190 Å². The molecule has 8 nitrogen and oxygen atoms in total. The first kappa shape index (κ1) is 23.0. The maximum absolute atomic E-state index is 13.0. The minimum atomic E-state index is -3.78. The minimum Gasteiger partial charge on any atom is -0.356 e. The van der Waals surface area contributed by atoms with E-state index >= 15 is 0 Å².